The number of fused-ring (bicyclic) bond motifs is 1. The van der Waals surface area contributed by atoms with Gasteiger partial charge in [0.1, 0.15) is 6.17 Å². The first-order chi connectivity index (χ1) is 5.79. The Bertz CT molecular complexity index is 163. The fourth-order valence-corrected chi connectivity index (χ4v) is 2.46. The van der Waals surface area contributed by atoms with E-state index in [1.807, 2.05) is 0 Å². The molecule has 0 saturated carbocycles. The average Bonchev–Trinajstić information content (AvgIpc) is 2.46. The highest BCUT2D eigenvalue weighted by Gasteiger charge is 2.36. The summed E-state index contributed by atoms with van der Waals surface area (Å²) in [5, 5.41) is 0. The predicted octanol–water partition coefficient (Wildman–Crippen LogP) is 0.910. The molecule has 2 N–H and O–H groups in total. The molecule has 3 unspecified atom stereocenters. The molecule has 2 rings (SSSR count). The number of alkyl halides is 1. The molecule has 2 saturated heterocycles. The van der Waals surface area contributed by atoms with Crippen molar-refractivity contribution in [3.05, 3.63) is 0 Å². The molecule has 0 aromatic carbocycles. The minimum Gasteiger partial charge on any atom is -0.325 e. The second kappa shape index (κ2) is 3.30. The van der Waals surface area contributed by atoms with E-state index in [9.17, 15) is 4.39 Å². The molecule has 0 spiro atoms. The molecule has 0 aromatic heterocycles. The van der Waals surface area contributed by atoms with Gasteiger partial charge in [0.2, 0.25) is 0 Å². The summed E-state index contributed by atoms with van der Waals surface area (Å²) < 4.78 is 13.6. The van der Waals surface area contributed by atoms with Crippen molar-refractivity contribution in [3.8, 4) is 0 Å². The summed E-state index contributed by atoms with van der Waals surface area (Å²) in [6.45, 7) is 2.14. The van der Waals surface area contributed by atoms with Crippen LogP contribution in [0, 0.1) is 0 Å². The van der Waals surface area contributed by atoms with Crippen LogP contribution in [0.25, 0.3) is 0 Å². The number of rotatable bonds is 0. The molecular formula is C9H17FN2. The van der Waals surface area contributed by atoms with E-state index in [-0.39, 0.29) is 12.1 Å². The van der Waals surface area contributed by atoms with Crippen LogP contribution in [0.2, 0.25) is 0 Å². The van der Waals surface area contributed by atoms with Gasteiger partial charge in [-0.05, 0) is 38.8 Å². The normalized spacial score (nSPS) is 44.0. The molecule has 2 nitrogen and oxygen atoms in total. The zero-order valence-electron chi connectivity index (χ0n) is 7.38. The van der Waals surface area contributed by atoms with Gasteiger partial charge in [-0.2, -0.15) is 0 Å². The van der Waals surface area contributed by atoms with Crippen LogP contribution in [0.3, 0.4) is 0 Å². The lowest BCUT2D eigenvalue weighted by molar-refractivity contribution is 0.149. The Balaban J connectivity index is 2.08. The smallest absolute Gasteiger partial charge is 0.131 e. The third-order valence-electron chi connectivity index (χ3n) is 3.17. The Kier molecular flexibility index (Phi) is 2.33. The third kappa shape index (κ3) is 1.36. The van der Waals surface area contributed by atoms with Crippen LogP contribution in [0.1, 0.15) is 25.7 Å². The van der Waals surface area contributed by atoms with Crippen LogP contribution in [0.15, 0.2) is 0 Å². The summed E-state index contributed by atoms with van der Waals surface area (Å²) in [5.41, 5.74) is 5.73. The first-order valence-corrected chi connectivity index (χ1v) is 4.93. The first-order valence-electron chi connectivity index (χ1n) is 4.93. The van der Waals surface area contributed by atoms with Gasteiger partial charge in [-0.3, -0.25) is 4.90 Å². The van der Waals surface area contributed by atoms with Gasteiger partial charge in [-0.15, -0.1) is 0 Å². The maximum Gasteiger partial charge on any atom is 0.131 e. The van der Waals surface area contributed by atoms with E-state index < -0.39 is 6.17 Å². The molecule has 12 heavy (non-hydrogen) atoms. The van der Waals surface area contributed by atoms with Crippen molar-refractivity contribution in [2.75, 3.05) is 13.1 Å². The van der Waals surface area contributed by atoms with Gasteiger partial charge in [0, 0.05) is 12.1 Å². The lowest BCUT2D eigenvalue weighted by Gasteiger charge is -2.25. The largest absolute Gasteiger partial charge is 0.325 e. The number of hydrogen-bond acceptors (Lipinski definition) is 2. The zero-order valence-corrected chi connectivity index (χ0v) is 7.38. The topological polar surface area (TPSA) is 29.3 Å². The van der Waals surface area contributed by atoms with Crippen LogP contribution in [0.5, 0.6) is 0 Å². The highest BCUT2D eigenvalue weighted by atomic mass is 19.1. The van der Waals surface area contributed by atoms with Crippen molar-refractivity contribution in [1.82, 2.24) is 4.90 Å². The molecule has 2 aliphatic heterocycles. The van der Waals surface area contributed by atoms with Gasteiger partial charge < -0.3 is 5.73 Å². The minimum absolute atomic E-state index is 0.141. The Morgan fingerprint density at radius 1 is 1.17 bits per heavy atom. The van der Waals surface area contributed by atoms with E-state index in [2.05, 4.69) is 4.90 Å². The van der Waals surface area contributed by atoms with E-state index in [1.165, 1.54) is 0 Å². The minimum atomic E-state index is -0.782. The van der Waals surface area contributed by atoms with Crippen molar-refractivity contribution in [3.63, 3.8) is 0 Å². The third-order valence-corrected chi connectivity index (χ3v) is 3.17. The molecule has 0 aromatic rings. The second-order valence-corrected chi connectivity index (χ2v) is 4.00. The van der Waals surface area contributed by atoms with Gasteiger partial charge in [0.15, 0.2) is 0 Å². The van der Waals surface area contributed by atoms with Crippen molar-refractivity contribution >= 4 is 0 Å². The molecule has 3 atom stereocenters. The Hall–Kier alpha value is -0.150. The summed E-state index contributed by atoms with van der Waals surface area (Å²) in [6, 6.07) is -0.0689. The lowest BCUT2D eigenvalue weighted by atomic mass is 10.0. The molecular weight excluding hydrogens is 155 g/mol. The van der Waals surface area contributed by atoms with E-state index in [4.69, 9.17) is 5.73 Å². The van der Waals surface area contributed by atoms with Crippen LogP contribution in [-0.2, 0) is 0 Å². The predicted molar refractivity (Wildman–Crippen MR) is 46.7 cm³/mol. The van der Waals surface area contributed by atoms with Crippen LogP contribution in [0.4, 0.5) is 4.39 Å². The Morgan fingerprint density at radius 3 is 2.58 bits per heavy atom. The maximum absolute atomic E-state index is 13.6. The number of nitrogens with zero attached hydrogens (tertiary/aromatic N) is 1. The molecule has 2 fully saturated rings. The van der Waals surface area contributed by atoms with Crippen molar-refractivity contribution in [2.24, 2.45) is 5.73 Å². The van der Waals surface area contributed by atoms with E-state index >= 15 is 0 Å². The molecule has 70 valence electrons. The van der Waals surface area contributed by atoms with Crippen molar-refractivity contribution < 1.29 is 4.39 Å². The van der Waals surface area contributed by atoms with Gasteiger partial charge >= 0.3 is 0 Å². The van der Waals surface area contributed by atoms with Crippen LogP contribution in [-0.4, -0.2) is 36.2 Å². The molecule has 0 amide bonds. The molecule has 0 bridgehead atoms. The zero-order chi connectivity index (χ0) is 8.55. The number of hydrogen-bond donors (Lipinski definition) is 1. The number of nitrogens with two attached hydrogens (primary N) is 1. The first kappa shape index (κ1) is 8.45. The fourth-order valence-electron chi connectivity index (χ4n) is 2.46. The SMILES string of the molecule is NC1CCCN2CCCC2C1F. The van der Waals surface area contributed by atoms with Gasteiger partial charge in [0.25, 0.3) is 0 Å². The van der Waals surface area contributed by atoms with E-state index in [0.717, 1.165) is 38.8 Å². The monoisotopic (exact) mass is 172 g/mol. The van der Waals surface area contributed by atoms with Gasteiger partial charge in [0.05, 0.1) is 0 Å². The van der Waals surface area contributed by atoms with Crippen molar-refractivity contribution in [2.45, 2.75) is 43.9 Å². The summed E-state index contributed by atoms with van der Waals surface area (Å²) in [4.78, 5) is 2.28. The summed E-state index contributed by atoms with van der Waals surface area (Å²) >= 11 is 0. The fraction of sp³-hybridized carbons (Fsp3) is 1.00. The summed E-state index contributed by atoms with van der Waals surface area (Å²) in [5.74, 6) is 0. The quantitative estimate of drug-likeness (QED) is 0.588. The highest BCUT2D eigenvalue weighted by Crippen LogP contribution is 2.27. The standard InChI is InChI=1S/C9H17FN2/c10-9-7(11)3-1-5-12-6-2-4-8(9)12/h7-9H,1-6,11H2. The van der Waals surface area contributed by atoms with E-state index in [0.29, 0.717) is 0 Å². The molecule has 0 aliphatic carbocycles. The Labute approximate surface area is 72.9 Å². The summed E-state index contributed by atoms with van der Waals surface area (Å²) in [6.07, 6.45) is 3.30. The molecule has 2 aliphatic rings. The van der Waals surface area contributed by atoms with Crippen LogP contribution < -0.4 is 5.73 Å². The second-order valence-electron chi connectivity index (χ2n) is 4.00. The maximum atomic E-state index is 13.6. The average molecular weight is 172 g/mol. The number of halogens is 1. The van der Waals surface area contributed by atoms with Gasteiger partial charge in [-0.1, -0.05) is 0 Å². The van der Waals surface area contributed by atoms with Crippen LogP contribution >= 0.6 is 0 Å². The summed E-state index contributed by atoms with van der Waals surface area (Å²) in [7, 11) is 0. The molecule has 0 radical (unpaired) electrons. The lowest BCUT2D eigenvalue weighted by Crippen LogP contribution is -2.43. The van der Waals surface area contributed by atoms with Crippen molar-refractivity contribution in [1.29, 1.82) is 0 Å². The highest BCUT2D eigenvalue weighted by molar-refractivity contribution is 4.92. The molecule has 2 heterocycles. The van der Waals surface area contributed by atoms with Gasteiger partial charge in [-0.25, -0.2) is 4.39 Å². The molecule has 3 heteroatoms. The van der Waals surface area contributed by atoms with E-state index in [1.54, 1.807) is 0 Å². The Morgan fingerprint density at radius 2 is 1.83 bits per heavy atom.